The highest BCUT2D eigenvalue weighted by molar-refractivity contribution is 5.75. The molecule has 0 aromatic heterocycles. The quantitative estimate of drug-likeness (QED) is 0.624. The Balaban J connectivity index is 0.000000130. The number of benzene rings is 1. The molecule has 4 N–H and O–H groups in total. The van der Waals surface area contributed by atoms with E-state index in [9.17, 15) is 4.79 Å². The van der Waals surface area contributed by atoms with Crippen molar-refractivity contribution in [3.8, 4) is 0 Å². The monoisotopic (exact) mass is 164 g/mol. The first-order chi connectivity index (χ1) is 5.74. The molecular formula is C9H12N2O. The van der Waals surface area contributed by atoms with E-state index < -0.39 is 5.91 Å². The van der Waals surface area contributed by atoms with Crippen LogP contribution in [0.15, 0.2) is 24.3 Å². The molecule has 0 saturated heterocycles. The summed E-state index contributed by atoms with van der Waals surface area (Å²) in [6.45, 7) is -0.0556. The molecule has 0 bridgehead atoms. The van der Waals surface area contributed by atoms with Crippen molar-refractivity contribution < 1.29 is 4.79 Å². The van der Waals surface area contributed by atoms with Crippen LogP contribution < -0.4 is 11.5 Å². The Kier molecular flexibility index (Phi) is 2.82. The van der Waals surface area contributed by atoms with Crippen LogP contribution in [-0.4, -0.2) is 12.5 Å². The van der Waals surface area contributed by atoms with Crippen LogP contribution in [0.4, 0.5) is 0 Å². The van der Waals surface area contributed by atoms with Crippen molar-refractivity contribution in [1.29, 1.82) is 0 Å². The van der Waals surface area contributed by atoms with Gasteiger partial charge in [0.25, 0.3) is 0 Å². The zero-order valence-electron chi connectivity index (χ0n) is 6.79. The van der Waals surface area contributed by atoms with Gasteiger partial charge < -0.3 is 11.5 Å². The van der Waals surface area contributed by atoms with E-state index >= 15 is 0 Å². The van der Waals surface area contributed by atoms with Crippen molar-refractivity contribution in [3.05, 3.63) is 35.4 Å². The van der Waals surface area contributed by atoms with Crippen LogP contribution >= 0.6 is 0 Å². The van der Waals surface area contributed by atoms with Gasteiger partial charge in [-0.1, -0.05) is 24.3 Å². The van der Waals surface area contributed by atoms with Crippen LogP contribution in [0.25, 0.3) is 0 Å². The Morgan fingerprint density at radius 1 is 1.33 bits per heavy atom. The van der Waals surface area contributed by atoms with E-state index in [2.05, 4.69) is 30.0 Å². The lowest BCUT2D eigenvalue weighted by Gasteiger charge is -1.74. The molecule has 0 radical (unpaired) electrons. The number of nitrogens with two attached hydrogens (primary N) is 2. The molecule has 0 saturated carbocycles. The lowest BCUT2D eigenvalue weighted by atomic mass is 10.4. The van der Waals surface area contributed by atoms with Crippen molar-refractivity contribution >= 4 is 5.91 Å². The fourth-order valence-electron chi connectivity index (χ4n) is 0.836. The molecule has 1 aliphatic rings. The maximum atomic E-state index is 9.47. The van der Waals surface area contributed by atoms with E-state index in [-0.39, 0.29) is 6.54 Å². The predicted octanol–water partition coefficient (Wildman–Crippen LogP) is 0.0212. The third-order valence-corrected chi connectivity index (χ3v) is 1.58. The van der Waals surface area contributed by atoms with Gasteiger partial charge in [0.1, 0.15) is 0 Å². The molecule has 1 aromatic rings. The maximum absolute atomic E-state index is 9.47. The number of primary amides is 1. The molecule has 3 heteroatoms. The van der Waals surface area contributed by atoms with Crippen LogP contribution in [0, 0.1) is 0 Å². The van der Waals surface area contributed by atoms with Crippen LogP contribution in [0.1, 0.15) is 11.1 Å². The first kappa shape index (κ1) is 8.74. The second-order valence-electron chi connectivity index (χ2n) is 2.62. The number of carbonyl (C=O) groups excluding carboxylic acids is 1. The second kappa shape index (κ2) is 3.88. The lowest BCUT2D eigenvalue weighted by molar-refractivity contribution is -0.116. The Hall–Kier alpha value is -1.35. The molecule has 0 atom stereocenters. The summed E-state index contributed by atoms with van der Waals surface area (Å²) in [4.78, 5) is 9.47. The summed E-state index contributed by atoms with van der Waals surface area (Å²) in [5, 5.41) is 0. The molecule has 0 unspecified atom stereocenters. The topological polar surface area (TPSA) is 69.1 Å². The van der Waals surface area contributed by atoms with Crippen molar-refractivity contribution in [1.82, 2.24) is 0 Å². The number of rotatable bonds is 1. The van der Waals surface area contributed by atoms with Gasteiger partial charge in [-0.3, -0.25) is 4.79 Å². The van der Waals surface area contributed by atoms with Gasteiger partial charge in [0.15, 0.2) is 0 Å². The zero-order chi connectivity index (χ0) is 8.97. The molecular weight excluding hydrogens is 152 g/mol. The molecule has 1 aliphatic carbocycles. The van der Waals surface area contributed by atoms with Crippen molar-refractivity contribution in [2.45, 2.75) is 6.42 Å². The van der Waals surface area contributed by atoms with Gasteiger partial charge in [0, 0.05) is 0 Å². The van der Waals surface area contributed by atoms with Crippen LogP contribution in [0.2, 0.25) is 0 Å². The summed E-state index contributed by atoms with van der Waals surface area (Å²) in [6.07, 6.45) is 1.24. The van der Waals surface area contributed by atoms with Gasteiger partial charge in [-0.05, 0) is 17.5 Å². The summed E-state index contributed by atoms with van der Waals surface area (Å²) in [5.41, 5.74) is 12.3. The normalized spacial score (nSPS) is 10.8. The van der Waals surface area contributed by atoms with Crippen molar-refractivity contribution in [2.75, 3.05) is 6.54 Å². The second-order valence-corrected chi connectivity index (χ2v) is 2.62. The highest BCUT2D eigenvalue weighted by atomic mass is 16.1. The van der Waals surface area contributed by atoms with Gasteiger partial charge in [0.2, 0.25) is 5.91 Å². The Labute approximate surface area is 71.4 Å². The average molecular weight is 164 g/mol. The number of hydrogen-bond donors (Lipinski definition) is 2. The SMILES string of the molecule is NCC(N)=O.c1ccc2c(c1)C2. The summed E-state index contributed by atoms with van der Waals surface area (Å²) in [7, 11) is 0. The largest absolute Gasteiger partial charge is 0.369 e. The Morgan fingerprint density at radius 2 is 1.75 bits per heavy atom. The molecule has 1 amide bonds. The first-order valence-corrected chi connectivity index (χ1v) is 3.79. The van der Waals surface area contributed by atoms with Crippen molar-refractivity contribution in [2.24, 2.45) is 11.5 Å². The Morgan fingerprint density at radius 3 is 2.00 bits per heavy atom. The molecule has 2 rings (SSSR count). The smallest absolute Gasteiger partial charge is 0.231 e. The van der Waals surface area contributed by atoms with Crippen molar-refractivity contribution in [3.63, 3.8) is 0 Å². The van der Waals surface area contributed by atoms with Crippen LogP contribution in [0.3, 0.4) is 0 Å². The highest BCUT2D eigenvalue weighted by Gasteiger charge is 2.12. The molecule has 0 fully saturated rings. The summed E-state index contributed by atoms with van der Waals surface area (Å²) >= 11 is 0. The lowest BCUT2D eigenvalue weighted by Crippen LogP contribution is -2.21. The molecule has 0 spiro atoms. The van der Waals surface area contributed by atoms with E-state index in [1.54, 1.807) is 0 Å². The summed E-state index contributed by atoms with van der Waals surface area (Å²) in [5.74, 6) is -0.468. The molecule has 0 aliphatic heterocycles. The minimum absolute atomic E-state index is 0.0556. The molecule has 3 nitrogen and oxygen atoms in total. The summed E-state index contributed by atoms with van der Waals surface area (Å²) < 4.78 is 0. The van der Waals surface area contributed by atoms with E-state index in [4.69, 9.17) is 5.73 Å². The third-order valence-electron chi connectivity index (χ3n) is 1.58. The number of hydrogen-bond acceptors (Lipinski definition) is 2. The molecule has 0 heterocycles. The van der Waals surface area contributed by atoms with E-state index in [0.29, 0.717) is 0 Å². The fraction of sp³-hybridized carbons (Fsp3) is 0.222. The number of fused-ring (bicyclic) bond motifs is 1. The molecule has 12 heavy (non-hydrogen) atoms. The zero-order valence-corrected chi connectivity index (χ0v) is 6.79. The summed E-state index contributed by atoms with van der Waals surface area (Å²) in [6, 6.07) is 8.53. The minimum atomic E-state index is -0.468. The standard InChI is InChI=1S/C7H6.C2H6N2O/c1-2-4-7-5-6(7)3-1;3-1-2(4)5/h1-4H,5H2;1,3H2,(H2,4,5). The first-order valence-electron chi connectivity index (χ1n) is 3.79. The van der Waals surface area contributed by atoms with Crippen LogP contribution in [0.5, 0.6) is 0 Å². The van der Waals surface area contributed by atoms with Gasteiger partial charge in [-0.15, -0.1) is 0 Å². The highest BCUT2D eigenvalue weighted by Crippen LogP contribution is 2.25. The van der Waals surface area contributed by atoms with Gasteiger partial charge in [-0.25, -0.2) is 0 Å². The number of amides is 1. The van der Waals surface area contributed by atoms with E-state index in [1.807, 2.05) is 0 Å². The minimum Gasteiger partial charge on any atom is -0.369 e. The fourth-order valence-corrected chi connectivity index (χ4v) is 0.836. The maximum Gasteiger partial charge on any atom is 0.231 e. The predicted molar refractivity (Wildman–Crippen MR) is 47.5 cm³/mol. The van der Waals surface area contributed by atoms with Gasteiger partial charge in [-0.2, -0.15) is 0 Å². The van der Waals surface area contributed by atoms with Gasteiger partial charge >= 0.3 is 0 Å². The van der Waals surface area contributed by atoms with E-state index in [0.717, 1.165) is 0 Å². The average Bonchev–Trinajstić information content (AvgIpc) is 2.83. The molecule has 64 valence electrons. The Bertz CT molecular complexity index is 263. The van der Waals surface area contributed by atoms with Gasteiger partial charge in [0.05, 0.1) is 6.54 Å². The molecule has 1 aromatic carbocycles. The van der Waals surface area contributed by atoms with Crippen LogP contribution in [-0.2, 0) is 11.2 Å². The van der Waals surface area contributed by atoms with E-state index in [1.165, 1.54) is 17.5 Å². The third kappa shape index (κ3) is 2.72. The number of carbonyl (C=O) groups is 1.